The van der Waals surface area contributed by atoms with Gasteiger partial charge in [0, 0.05) is 18.3 Å². The van der Waals surface area contributed by atoms with Gasteiger partial charge in [-0.1, -0.05) is 0 Å². The van der Waals surface area contributed by atoms with Crippen LogP contribution in [0, 0.1) is 17.2 Å². The first-order valence-electron chi connectivity index (χ1n) is 7.36. The van der Waals surface area contributed by atoms with Crippen molar-refractivity contribution < 1.29 is 13.6 Å². The van der Waals surface area contributed by atoms with Gasteiger partial charge >= 0.3 is 6.55 Å². The number of nitriles is 1. The molecule has 1 fully saturated rings. The number of hydrogen-bond donors (Lipinski definition) is 0. The molecule has 0 bridgehead atoms. The SMILES string of the molecule is N#CC1CCN(c2nc(-c3cnn(C(F)F)c3)cc3ncsc23)C1=O. The number of amides is 1. The molecule has 1 aliphatic rings. The number of hydrogen-bond acceptors (Lipinski definition) is 6. The van der Waals surface area contributed by atoms with Gasteiger partial charge in [-0.05, 0) is 12.5 Å². The Kier molecular flexibility index (Phi) is 3.65. The normalized spacial score (nSPS) is 17.6. The summed E-state index contributed by atoms with van der Waals surface area (Å²) in [4.78, 5) is 22.6. The Balaban J connectivity index is 1.83. The van der Waals surface area contributed by atoms with E-state index in [9.17, 15) is 13.6 Å². The van der Waals surface area contributed by atoms with Gasteiger partial charge in [0.25, 0.3) is 0 Å². The molecule has 3 aromatic heterocycles. The van der Waals surface area contributed by atoms with Gasteiger partial charge in [0.05, 0.1) is 33.7 Å². The van der Waals surface area contributed by atoms with Crippen molar-refractivity contribution in [3.8, 4) is 17.3 Å². The van der Waals surface area contributed by atoms with Crippen molar-refractivity contribution in [2.75, 3.05) is 11.4 Å². The Hall–Kier alpha value is -2.93. The summed E-state index contributed by atoms with van der Waals surface area (Å²) in [5.74, 6) is -0.581. The second-order valence-electron chi connectivity index (χ2n) is 5.48. The minimum absolute atomic E-state index is 0.301. The maximum absolute atomic E-state index is 12.7. The zero-order chi connectivity index (χ0) is 17.6. The summed E-state index contributed by atoms with van der Waals surface area (Å²) in [5.41, 5.74) is 3.04. The van der Waals surface area contributed by atoms with E-state index in [1.165, 1.54) is 28.6 Å². The lowest BCUT2D eigenvalue weighted by Crippen LogP contribution is -2.27. The standard InChI is InChI=1S/C15H10F2N6OS/c16-15(17)23-6-9(5-20-23)10-3-11-12(25-7-19-11)13(21-10)22-2-1-8(4-18)14(22)24/h3,5-8,15H,1-2H2. The van der Waals surface area contributed by atoms with Crippen LogP contribution in [-0.2, 0) is 4.79 Å². The number of rotatable bonds is 3. The van der Waals surface area contributed by atoms with Gasteiger partial charge in [0.1, 0.15) is 5.92 Å². The molecule has 7 nitrogen and oxygen atoms in total. The number of alkyl halides is 2. The van der Waals surface area contributed by atoms with Gasteiger partial charge in [-0.3, -0.25) is 9.69 Å². The van der Waals surface area contributed by atoms with Crippen molar-refractivity contribution in [3.63, 3.8) is 0 Å². The maximum Gasteiger partial charge on any atom is 0.333 e. The van der Waals surface area contributed by atoms with Gasteiger partial charge in [-0.25, -0.2) is 14.6 Å². The number of carbonyl (C=O) groups is 1. The third-order valence-electron chi connectivity index (χ3n) is 4.01. The zero-order valence-corrected chi connectivity index (χ0v) is 13.5. The van der Waals surface area contributed by atoms with Crippen LogP contribution in [-0.4, -0.2) is 32.2 Å². The highest BCUT2D eigenvalue weighted by Crippen LogP contribution is 2.35. The summed E-state index contributed by atoms with van der Waals surface area (Å²) in [5, 5.41) is 12.7. The molecule has 1 atom stereocenters. The predicted molar refractivity (Wildman–Crippen MR) is 86.0 cm³/mol. The van der Waals surface area contributed by atoms with E-state index in [-0.39, 0.29) is 5.91 Å². The molecular formula is C15H10F2N6OS. The molecule has 1 amide bonds. The molecule has 4 rings (SSSR count). The van der Waals surface area contributed by atoms with Gasteiger partial charge in [-0.2, -0.15) is 19.1 Å². The smallest absolute Gasteiger partial charge is 0.294 e. The summed E-state index contributed by atoms with van der Waals surface area (Å²) in [6, 6.07) is 3.66. The van der Waals surface area contributed by atoms with Crippen molar-refractivity contribution in [2.24, 2.45) is 5.92 Å². The van der Waals surface area contributed by atoms with Gasteiger partial charge in [0.2, 0.25) is 5.91 Å². The molecule has 0 aliphatic carbocycles. The molecule has 10 heteroatoms. The number of fused-ring (bicyclic) bond motifs is 1. The van der Waals surface area contributed by atoms with E-state index in [1.54, 1.807) is 11.6 Å². The van der Waals surface area contributed by atoms with E-state index in [4.69, 9.17) is 5.26 Å². The lowest BCUT2D eigenvalue weighted by Gasteiger charge is -2.16. The fourth-order valence-corrected chi connectivity index (χ4v) is 3.53. The monoisotopic (exact) mass is 360 g/mol. The first-order valence-corrected chi connectivity index (χ1v) is 8.24. The minimum Gasteiger partial charge on any atom is -0.294 e. The number of thiazole rings is 1. The Morgan fingerprint density at radius 2 is 2.28 bits per heavy atom. The van der Waals surface area contributed by atoms with E-state index in [2.05, 4.69) is 15.1 Å². The molecule has 126 valence electrons. The highest BCUT2D eigenvalue weighted by atomic mass is 32.1. The molecular weight excluding hydrogens is 350 g/mol. The van der Waals surface area contributed by atoms with E-state index in [0.717, 1.165) is 4.70 Å². The summed E-state index contributed by atoms with van der Waals surface area (Å²) >= 11 is 1.33. The van der Waals surface area contributed by atoms with E-state index in [1.807, 2.05) is 6.07 Å². The van der Waals surface area contributed by atoms with Gasteiger partial charge < -0.3 is 0 Å². The number of anilines is 1. The highest BCUT2D eigenvalue weighted by molar-refractivity contribution is 7.17. The molecule has 0 aromatic carbocycles. The third-order valence-corrected chi connectivity index (χ3v) is 4.85. The number of carbonyl (C=O) groups excluding carboxylic acids is 1. The molecule has 1 aliphatic heterocycles. The maximum atomic E-state index is 12.7. The van der Waals surface area contributed by atoms with E-state index in [0.29, 0.717) is 40.2 Å². The molecule has 0 N–H and O–H groups in total. The van der Waals surface area contributed by atoms with Crippen molar-refractivity contribution >= 4 is 33.3 Å². The molecule has 1 unspecified atom stereocenters. The van der Waals surface area contributed by atoms with Crippen molar-refractivity contribution in [1.82, 2.24) is 19.7 Å². The Morgan fingerprint density at radius 3 is 2.96 bits per heavy atom. The average Bonchev–Trinajstić information content (AvgIpc) is 3.33. The first kappa shape index (κ1) is 15.6. The quantitative estimate of drug-likeness (QED) is 0.717. The van der Waals surface area contributed by atoms with Crippen LogP contribution in [0.3, 0.4) is 0 Å². The first-order chi connectivity index (χ1) is 12.1. The molecule has 0 saturated carbocycles. The topological polar surface area (TPSA) is 87.7 Å². The summed E-state index contributed by atoms with van der Waals surface area (Å²) in [6.07, 6.45) is 2.92. The number of aromatic nitrogens is 4. The minimum atomic E-state index is -2.74. The zero-order valence-electron chi connectivity index (χ0n) is 12.6. The van der Waals surface area contributed by atoms with Crippen LogP contribution in [0.4, 0.5) is 14.6 Å². The van der Waals surface area contributed by atoms with Crippen LogP contribution in [0.25, 0.3) is 21.5 Å². The van der Waals surface area contributed by atoms with Crippen LogP contribution in [0.15, 0.2) is 24.0 Å². The fourth-order valence-electron chi connectivity index (χ4n) is 2.77. The molecule has 0 radical (unpaired) electrons. The van der Waals surface area contributed by atoms with Crippen LogP contribution in [0.1, 0.15) is 13.0 Å². The summed E-state index contributed by atoms with van der Waals surface area (Å²) in [6.45, 7) is -2.36. The lowest BCUT2D eigenvalue weighted by molar-refractivity contribution is -0.119. The second kappa shape index (κ2) is 5.86. The van der Waals surface area contributed by atoms with Gasteiger partial charge in [0.15, 0.2) is 5.82 Å². The Labute approximate surface area is 144 Å². The van der Waals surface area contributed by atoms with Crippen LogP contribution in [0.2, 0.25) is 0 Å². The predicted octanol–water partition coefficient (Wildman–Crippen LogP) is 2.83. The second-order valence-corrected chi connectivity index (χ2v) is 6.33. The summed E-state index contributed by atoms with van der Waals surface area (Å²) < 4.78 is 26.7. The largest absolute Gasteiger partial charge is 0.333 e. The molecule has 4 heterocycles. The van der Waals surface area contributed by atoms with Crippen LogP contribution in [0.5, 0.6) is 0 Å². The fraction of sp³-hybridized carbons (Fsp3) is 0.267. The Morgan fingerprint density at radius 1 is 1.44 bits per heavy atom. The Bertz CT molecular complexity index is 1010. The van der Waals surface area contributed by atoms with E-state index < -0.39 is 12.5 Å². The number of nitrogens with zero attached hydrogens (tertiary/aromatic N) is 6. The molecule has 3 aromatic rings. The van der Waals surface area contributed by atoms with Crippen molar-refractivity contribution in [1.29, 1.82) is 5.26 Å². The number of pyridine rings is 1. The third kappa shape index (κ3) is 2.53. The van der Waals surface area contributed by atoms with Crippen LogP contribution >= 0.6 is 11.3 Å². The van der Waals surface area contributed by atoms with Gasteiger partial charge in [-0.15, -0.1) is 11.3 Å². The summed E-state index contributed by atoms with van der Waals surface area (Å²) in [7, 11) is 0. The highest BCUT2D eigenvalue weighted by Gasteiger charge is 2.34. The molecule has 1 saturated heterocycles. The number of halogens is 2. The van der Waals surface area contributed by atoms with E-state index >= 15 is 0 Å². The van der Waals surface area contributed by atoms with Crippen LogP contribution < -0.4 is 4.90 Å². The molecule has 0 spiro atoms. The molecule has 25 heavy (non-hydrogen) atoms. The average molecular weight is 360 g/mol. The van der Waals surface area contributed by atoms with Crippen molar-refractivity contribution in [3.05, 3.63) is 24.0 Å². The van der Waals surface area contributed by atoms with Crippen molar-refractivity contribution in [2.45, 2.75) is 13.0 Å². The lowest BCUT2D eigenvalue weighted by atomic mass is 10.1.